The summed E-state index contributed by atoms with van der Waals surface area (Å²) in [4.78, 5) is 23.5. The van der Waals surface area contributed by atoms with Crippen LogP contribution in [0.2, 0.25) is 0 Å². The molecule has 132 valence electrons. The Morgan fingerprint density at radius 2 is 1.80 bits per heavy atom. The van der Waals surface area contributed by atoms with Gasteiger partial charge in [-0.3, -0.25) is 4.79 Å². The van der Waals surface area contributed by atoms with Crippen molar-refractivity contribution >= 4 is 17.6 Å². The second kappa shape index (κ2) is 8.13. The van der Waals surface area contributed by atoms with Gasteiger partial charge in [0.15, 0.2) is 6.61 Å². The van der Waals surface area contributed by atoms with Crippen molar-refractivity contribution in [2.24, 2.45) is 0 Å². The third-order valence-electron chi connectivity index (χ3n) is 2.86. The lowest BCUT2D eigenvalue weighted by atomic mass is 10.2. The fourth-order valence-corrected chi connectivity index (χ4v) is 1.82. The van der Waals surface area contributed by atoms with Crippen LogP contribution in [0.15, 0.2) is 42.5 Å². The van der Waals surface area contributed by atoms with Gasteiger partial charge in [0, 0.05) is 6.07 Å². The molecule has 2 aromatic carbocycles. The molecule has 0 aliphatic carbocycles. The van der Waals surface area contributed by atoms with E-state index >= 15 is 0 Å². The van der Waals surface area contributed by atoms with E-state index in [1.54, 1.807) is 0 Å². The number of hydrogen-bond acceptors (Lipinski definition) is 4. The molecule has 2 rings (SSSR count). The number of nitrogens with one attached hydrogen (secondary N) is 1. The Morgan fingerprint density at radius 3 is 2.48 bits per heavy atom. The summed E-state index contributed by atoms with van der Waals surface area (Å²) >= 11 is 0. The first-order valence-electron chi connectivity index (χ1n) is 6.82. The Bertz CT molecular complexity index is 782. The number of para-hydroxylation sites is 1. The lowest BCUT2D eigenvalue weighted by Crippen LogP contribution is -2.22. The predicted molar refractivity (Wildman–Crippen MR) is 78.3 cm³/mol. The minimum absolute atomic E-state index is 0.302. The zero-order chi connectivity index (χ0) is 18.4. The molecule has 0 saturated carbocycles. The summed E-state index contributed by atoms with van der Waals surface area (Å²) in [6, 6.07) is 7.58. The maximum absolute atomic E-state index is 13.4. The van der Waals surface area contributed by atoms with Crippen molar-refractivity contribution in [1.82, 2.24) is 0 Å². The van der Waals surface area contributed by atoms with Crippen LogP contribution in [0, 0.1) is 11.6 Å². The third kappa shape index (κ3) is 5.20. The first kappa shape index (κ1) is 18.2. The zero-order valence-electron chi connectivity index (χ0n) is 12.5. The highest BCUT2D eigenvalue weighted by Crippen LogP contribution is 2.21. The van der Waals surface area contributed by atoms with E-state index in [-0.39, 0.29) is 11.3 Å². The normalized spacial score (nSPS) is 10.4. The molecule has 0 saturated heterocycles. The molecule has 0 aromatic heterocycles. The van der Waals surface area contributed by atoms with Gasteiger partial charge in [0.25, 0.3) is 5.91 Å². The van der Waals surface area contributed by atoms with Crippen molar-refractivity contribution in [3.05, 3.63) is 59.7 Å². The molecule has 0 atom stereocenters. The Labute approximate surface area is 139 Å². The molecule has 2 aromatic rings. The lowest BCUT2D eigenvalue weighted by molar-refractivity contribution is -0.119. The van der Waals surface area contributed by atoms with Crippen LogP contribution in [0.1, 0.15) is 10.4 Å². The number of ether oxygens (including phenoxy) is 2. The molecular formula is C16H11F4NO4. The Balaban J connectivity index is 1.97. The number of hydrogen-bond donors (Lipinski definition) is 1. The monoisotopic (exact) mass is 357 g/mol. The average Bonchev–Trinajstić information content (AvgIpc) is 2.55. The van der Waals surface area contributed by atoms with E-state index in [2.05, 4.69) is 14.8 Å². The quantitative estimate of drug-likeness (QED) is 0.636. The van der Waals surface area contributed by atoms with Crippen LogP contribution in [0.4, 0.5) is 23.2 Å². The molecule has 0 fully saturated rings. The number of carbonyl (C=O) groups excluding carboxylic acids is 2. The average molecular weight is 357 g/mol. The number of esters is 1. The van der Waals surface area contributed by atoms with E-state index in [9.17, 15) is 27.2 Å². The van der Waals surface area contributed by atoms with Gasteiger partial charge in [-0.25, -0.2) is 13.6 Å². The minimum Gasteiger partial charge on any atom is -0.452 e. The molecule has 0 unspecified atom stereocenters. The molecule has 0 aliphatic heterocycles. The van der Waals surface area contributed by atoms with Crippen LogP contribution in [-0.2, 0) is 9.53 Å². The molecule has 1 amide bonds. The van der Waals surface area contributed by atoms with Crippen molar-refractivity contribution in [2.45, 2.75) is 6.61 Å². The molecule has 0 spiro atoms. The van der Waals surface area contributed by atoms with Gasteiger partial charge in [0.05, 0.1) is 5.69 Å². The Morgan fingerprint density at radius 1 is 1.08 bits per heavy atom. The maximum Gasteiger partial charge on any atom is 0.387 e. The summed E-state index contributed by atoms with van der Waals surface area (Å²) in [6.45, 7) is -3.95. The van der Waals surface area contributed by atoms with Crippen molar-refractivity contribution in [3.8, 4) is 5.75 Å². The van der Waals surface area contributed by atoms with Gasteiger partial charge in [-0.2, -0.15) is 8.78 Å². The summed E-state index contributed by atoms with van der Waals surface area (Å²) < 4.78 is 59.6. The van der Waals surface area contributed by atoms with E-state index in [0.717, 1.165) is 18.2 Å². The van der Waals surface area contributed by atoms with E-state index in [4.69, 9.17) is 0 Å². The van der Waals surface area contributed by atoms with Crippen LogP contribution in [0.5, 0.6) is 5.75 Å². The second-order valence-electron chi connectivity index (χ2n) is 4.62. The van der Waals surface area contributed by atoms with E-state index in [0.29, 0.717) is 6.07 Å². The van der Waals surface area contributed by atoms with Gasteiger partial charge in [0.2, 0.25) is 0 Å². The largest absolute Gasteiger partial charge is 0.452 e. The smallest absolute Gasteiger partial charge is 0.387 e. The first-order valence-corrected chi connectivity index (χ1v) is 6.82. The van der Waals surface area contributed by atoms with Crippen LogP contribution in [-0.4, -0.2) is 25.1 Å². The van der Waals surface area contributed by atoms with E-state index in [1.165, 1.54) is 18.2 Å². The molecular weight excluding hydrogens is 346 g/mol. The van der Waals surface area contributed by atoms with Crippen LogP contribution in [0.25, 0.3) is 0 Å². The molecule has 0 bridgehead atoms. The lowest BCUT2D eigenvalue weighted by Gasteiger charge is -2.10. The summed E-state index contributed by atoms with van der Waals surface area (Å²) in [7, 11) is 0. The van der Waals surface area contributed by atoms with Gasteiger partial charge in [-0.1, -0.05) is 12.1 Å². The Kier molecular flexibility index (Phi) is 5.93. The van der Waals surface area contributed by atoms with E-state index in [1.807, 2.05) is 0 Å². The molecule has 5 nitrogen and oxygen atoms in total. The van der Waals surface area contributed by atoms with Gasteiger partial charge >= 0.3 is 12.6 Å². The minimum atomic E-state index is -3.14. The van der Waals surface area contributed by atoms with Gasteiger partial charge < -0.3 is 14.8 Å². The molecule has 0 heterocycles. The topological polar surface area (TPSA) is 64.6 Å². The second-order valence-corrected chi connectivity index (χ2v) is 4.62. The van der Waals surface area contributed by atoms with Crippen LogP contribution in [0.3, 0.4) is 0 Å². The molecule has 0 radical (unpaired) electrons. The zero-order valence-corrected chi connectivity index (χ0v) is 12.5. The maximum atomic E-state index is 13.4. The van der Waals surface area contributed by atoms with Gasteiger partial charge in [-0.05, 0) is 24.3 Å². The number of carbonyl (C=O) groups is 2. The number of rotatable bonds is 6. The van der Waals surface area contributed by atoms with Crippen molar-refractivity contribution in [1.29, 1.82) is 0 Å². The fourth-order valence-electron chi connectivity index (χ4n) is 1.82. The van der Waals surface area contributed by atoms with Crippen LogP contribution < -0.4 is 10.1 Å². The molecule has 25 heavy (non-hydrogen) atoms. The predicted octanol–water partition coefficient (Wildman–Crippen LogP) is 3.36. The summed E-state index contributed by atoms with van der Waals surface area (Å²) in [5.41, 5.74) is -0.604. The van der Waals surface area contributed by atoms with Crippen molar-refractivity contribution in [3.63, 3.8) is 0 Å². The molecule has 1 N–H and O–H groups in total. The highest BCUT2D eigenvalue weighted by Gasteiger charge is 2.18. The summed E-state index contributed by atoms with van der Waals surface area (Å²) in [6.07, 6.45) is 0. The highest BCUT2D eigenvalue weighted by molar-refractivity contribution is 5.96. The highest BCUT2D eigenvalue weighted by atomic mass is 19.3. The summed E-state index contributed by atoms with van der Waals surface area (Å²) in [5.74, 6) is -4.21. The van der Waals surface area contributed by atoms with Gasteiger partial charge in [0.1, 0.15) is 22.9 Å². The number of alkyl halides is 2. The molecule has 9 heteroatoms. The molecule has 0 aliphatic rings. The number of halogens is 4. The number of amides is 1. The van der Waals surface area contributed by atoms with Gasteiger partial charge in [-0.15, -0.1) is 0 Å². The number of anilines is 1. The standard InChI is InChI=1S/C16H11F4NO4/c17-9-5-6-12(11(18)7-9)21-14(22)8-24-15(23)10-3-1-2-4-13(10)25-16(19)20/h1-7,16H,8H2,(H,21,22). The number of benzene rings is 2. The van der Waals surface area contributed by atoms with E-state index < -0.39 is 42.5 Å². The van der Waals surface area contributed by atoms with Crippen molar-refractivity contribution in [2.75, 3.05) is 11.9 Å². The fraction of sp³-hybridized carbons (Fsp3) is 0.125. The summed E-state index contributed by atoms with van der Waals surface area (Å²) in [5, 5.41) is 2.08. The van der Waals surface area contributed by atoms with Crippen molar-refractivity contribution < 1.29 is 36.6 Å². The van der Waals surface area contributed by atoms with Crippen LogP contribution >= 0.6 is 0 Å². The third-order valence-corrected chi connectivity index (χ3v) is 2.86. The SMILES string of the molecule is O=C(COC(=O)c1ccccc1OC(F)F)Nc1ccc(F)cc1F. The Hall–Kier alpha value is -3.10. The first-order chi connectivity index (χ1) is 11.9.